The fourth-order valence-electron chi connectivity index (χ4n) is 5.36. The number of aliphatic hydroxyl groups is 1. The van der Waals surface area contributed by atoms with Gasteiger partial charge in [-0.15, -0.1) is 0 Å². The maximum absolute atomic E-state index is 12.7. The molecule has 0 spiro atoms. The molecule has 3 heterocycles. The van der Waals surface area contributed by atoms with Gasteiger partial charge in [0.25, 0.3) is 5.91 Å². The predicted molar refractivity (Wildman–Crippen MR) is 134 cm³/mol. The molecule has 188 valence electrons. The van der Waals surface area contributed by atoms with Gasteiger partial charge in [-0.05, 0) is 62.6 Å². The Morgan fingerprint density at radius 3 is 2.66 bits per heavy atom. The van der Waals surface area contributed by atoms with Gasteiger partial charge in [0, 0.05) is 50.9 Å². The number of carbonyl (C=O) groups is 2. The van der Waals surface area contributed by atoms with Crippen LogP contribution in [-0.4, -0.2) is 75.5 Å². The maximum Gasteiger partial charge on any atom is 0.270 e. The summed E-state index contributed by atoms with van der Waals surface area (Å²) in [5.74, 6) is 0.263. The summed E-state index contributed by atoms with van der Waals surface area (Å²) in [4.78, 5) is 36.9. The van der Waals surface area contributed by atoms with E-state index in [9.17, 15) is 14.7 Å². The minimum atomic E-state index is -0.684. The molecule has 2 N–H and O–H groups in total. The summed E-state index contributed by atoms with van der Waals surface area (Å²) in [6.07, 6.45) is 4.34. The third kappa shape index (κ3) is 6.05. The van der Waals surface area contributed by atoms with Gasteiger partial charge in [-0.2, -0.15) is 0 Å². The largest absolute Gasteiger partial charge is 0.390 e. The SMILES string of the molecule is CC(=O)N1CCC(Cc2cc(C(=O)NC[C@H](O)CN3CCc4ccccc4C3(C)C)ncn2)CC1. The van der Waals surface area contributed by atoms with Gasteiger partial charge in [0.2, 0.25) is 5.91 Å². The standard InChI is InChI=1S/C27H37N5O3/c1-19(33)31-11-8-20(9-12-31)14-22-15-25(30-18-29-22)26(35)28-16-23(34)17-32-13-10-21-6-4-5-7-24(21)27(32,2)3/h4-7,15,18,20,23,34H,8-14,16-17H2,1-3H3,(H,28,35)/t23-/m0/s1. The second kappa shape index (κ2) is 10.8. The molecule has 4 rings (SSSR count). The van der Waals surface area contributed by atoms with Crippen LogP contribution in [0.2, 0.25) is 0 Å². The average molecular weight is 480 g/mol. The van der Waals surface area contributed by atoms with E-state index in [1.54, 1.807) is 13.0 Å². The molecule has 8 heteroatoms. The van der Waals surface area contributed by atoms with Gasteiger partial charge in [-0.3, -0.25) is 14.5 Å². The van der Waals surface area contributed by atoms with E-state index in [-0.39, 0.29) is 23.9 Å². The van der Waals surface area contributed by atoms with Gasteiger partial charge < -0.3 is 15.3 Å². The highest BCUT2D eigenvalue weighted by atomic mass is 16.3. The van der Waals surface area contributed by atoms with E-state index < -0.39 is 6.10 Å². The van der Waals surface area contributed by atoms with Crippen molar-refractivity contribution in [2.24, 2.45) is 5.92 Å². The van der Waals surface area contributed by atoms with Crippen LogP contribution in [0.3, 0.4) is 0 Å². The number of β-amino-alcohol motifs (C(OH)–C–C–N with tert-alkyl or cyclic N) is 1. The van der Waals surface area contributed by atoms with Gasteiger partial charge in [-0.1, -0.05) is 24.3 Å². The highest BCUT2D eigenvalue weighted by Crippen LogP contribution is 2.34. The number of hydrogen-bond acceptors (Lipinski definition) is 6. The molecule has 0 aliphatic carbocycles. The third-order valence-corrected chi connectivity index (χ3v) is 7.56. The van der Waals surface area contributed by atoms with Crippen LogP contribution in [-0.2, 0) is 23.2 Å². The van der Waals surface area contributed by atoms with Crippen LogP contribution in [0.5, 0.6) is 0 Å². The number of likely N-dealkylation sites (tertiary alicyclic amines) is 1. The number of fused-ring (bicyclic) bond motifs is 1. The molecule has 0 bridgehead atoms. The Morgan fingerprint density at radius 2 is 1.91 bits per heavy atom. The Kier molecular flexibility index (Phi) is 7.82. The van der Waals surface area contributed by atoms with Crippen molar-refractivity contribution in [1.82, 2.24) is 25.1 Å². The predicted octanol–water partition coefficient (Wildman–Crippen LogP) is 2.16. The lowest BCUT2D eigenvalue weighted by molar-refractivity contribution is -0.130. The summed E-state index contributed by atoms with van der Waals surface area (Å²) in [5, 5.41) is 13.5. The number of amides is 2. The van der Waals surface area contributed by atoms with E-state index in [1.807, 2.05) is 4.90 Å². The number of aromatic nitrogens is 2. The molecule has 0 saturated carbocycles. The van der Waals surface area contributed by atoms with E-state index >= 15 is 0 Å². The zero-order valence-electron chi connectivity index (χ0n) is 21.0. The van der Waals surface area contributed by atoms with E-state index in [0.29, 0.717) is 18.2 Å². The van der Waals surface area contributed by atoms with Crippen molar-refractivity contribution in [3.05, 3.63) is 59.2 Å². The first-order chi connectivity index (χ1) is 16.7. The quantitative estimate of drug-likeness (QED) is 0.632. The van der Waals surface area contributed by atoms with Gasteiger partial charge in [0.05, 0.1) is 6.10 Å². The second-order valence-corrected chi connectivity index (χ2v) is 10.3. The number of benzene rings is 1. The Balaban J connectivity index is 1.28. The second-order valence-electron chi connectivity index (χ2n) is 10.3. The summed E-state index contributed by atoms with van der Waals surface area (Å²) < 4.78 is 0. The van der Waals surface area contributed by atoms with Crippen LogP contribution in [0.25, 0.3) is 0 Å². The van der Waals surface area contributed by atoms with Crippen LogP contribution in [0.4, 0.5) is 0 Å². The zero-order valence-corrected chi connectivity index (χ0v) is 21.0. The van der Waals surface area contributed by atoms with Crippen LogP contribution in [0.15, 0.2) is 36.7 Å². The smallest absolute Gasteiger partial charge is 0.270 e. The lowest BCUT2D eigenvalue weighted by atomic mass is 9.83. The van der Waals surface area contributed by atoms with Crippen molar-refractivity contribution in [2.75, 3.05) is 32.7 Å². The molecule has 0 unspecified atom stereocenters. The number of rotatable bonds is 7. The summed E-state index contributed by atoms with van der Waals surface area (Å²) >= 11 is 0. The van der Waals surface area contributed by atoms with E-state index in [4.69, 9.17) is 0 Å². The summed E-state index contributed by atoms with van der Waals surface area (Å²) in [7, 11) is 0. The van der Waals surface area contributed by atoms with Crippen molar-refractivity contribution < 1.29 is 14.7 Å². The molecule has 2 amide bonds. The molecule has 2 aromatic rings. The number of nitrogens with one attached hydrogen (secondary N) is 1. The Hall–Kier alpha value is -2.84. The van der Waals surface area contributed by atoms with E-state index in [0.717, 1.165) is 51.0 Å². The molecule has 2 aliphatic heterocycles. The van der Waals surface area contributed by atoms with Crippen molar-refractivity contribution in [1.29, 1.82) is 0 Å². The molecular formula is C27H37N5O3. The van der Waals surface area contributed by atoms with Gasteiger partial charge in [0.15, 0.2) is 0 Å². The molecule has 8 nitrogen and oxygen atoms in total. The van der Waals surface area contributed by atoms with Crippen LogP contribution < -0.4 is 5.32 Å². The molecular weight excluding hydrogens is 442 g/mol. The first kappa shape index (κ1) is 25.3. The number of piperidine rings is 1. The molecule has 1 atom stereocenters. The zero-order chi connectivity index (χ0) is 25.0. The Morgan fingerprint density at radius 1 is 1.17 bits per heavy atom. The van der Waals surface area contributed by atoms with Crippen LogP contribution >= 0.6 is 0 Å². The summed E-state index contributed by atoms with van der Waals surface area (Å²) in [6.45, 7) is 9.04. The van der Waals surface area contributed by atoms with Crippen LogP contribution in [0.1, 0.15) is 60.9 Å². The Labute approximate surface area is 207 Å². The summed E-state index contributed by atoms with van der Waals surface area (Å²) in [6, 6.07) is 10.2. The van der Waals surface area contributed by atoms with Gasteiger partial charge >= 0.3 is 0 Å². The van der Waals surface area contributed by atoms with Gasteiger partial charge in [0.1, 0.15) is 12.0 Å². The minimum Gasteiger partial charge on any atom is -0.390 e. The van der Waals surface area contributed by atoms with Crippen molar-refractivity contribution in [2.45, 2.75) is 58.1 Å². The van der Waals surface area contributed by atoms with Crippen molar-refractivity contribution >= 4 is 11.8 Å². The lowest BCUT2D eigenvalue weighted by Crippen LogP contribution is -2.51. The first-order valence-corrected chi connectivity index (χ1v) is 12.6. The van der Waals surface area contributed by atoms with Crippen LogP contribution in [0, 0.1) is 5.92 Å². The number of aliphatic hydroxyl groups excluding tert-OH is 1. The van der Waals surface area contributed by atoms with Crippen molar-refractivity contribution in [3.8, 4) is 0 Å². The average Bonchev–Trinajstić information content (AvgIpc) is 2.85. The molecule has 1 aromatic carbocycles. The van der Waals surface area contributed by atoms with E-state index in [1.165, 1.54) is 17.5 Å². The summed E-state index contributed by atoms with van der Waals surface area (Å²) in [5.41, 5.74) is 3.63. The highest BCUT2D eigenvalue weighted by Gasteiger charge is 2.35. The fraction of sp³-hybridized carbons (Fsp3) is 0.556. The van der Waals surface area contributed by atoms with E-state index in [2.05, 4.69) is 58.3 Å². The molecule has 1 aromatic heterocycles. The minimum absolute atomic E-state index is 0.125. The maximum atomic E-state index is 12.7. The normalized spacial score (nSPS) is 19.1. The van der Waals surface area contributed by atoms with Gasteiger partial charge in [-0.25, -0.2) is 9.97 Å². The molecule has 35 heavy (non-hydrogen) atoms. The fourth-order valence-corrected chi connectivity index (χ4v) is 5.36. The number of carbonyl (C=O) groups excluding carboxylic acids is 2. The number of hydrogen-bond donors (Lipinski definition) is 2. The Bertz CT molecular complexity index is 1050. The lowest BCUT2D eigenvalue weighted by Gasteiger charge is -2.44. The molecule has 2 aliphatic rings. The molecule has 1 saturated heterocycles. The molecule has 0 radical (unpaired) electrons. The number of nitrogens with zero attached hydrogens (tertiary/aromatic N) is 4. The topological polar surface area (TPSA) is 98.7 Å². The monoisotopic (exact) mass is 479 g/mol. The third-order valence-electron chi connectivity index (χ3n) is 7.56. The highest BCUT2D eigenvalue weighted by molar-refractivity contribution is 5.92. The molecule has 1 fully saturated rings. The first-order valence-electron chi connectivity index (χ1n) is 12.6. The van der Waals surface area contributed by atoms with Crippen molar-refractivity contribution in [3.63, 3.8) is 0 Å².